The summed E-state index contributed by atoms with van der Waals surface area (Å²) in [6, 6.07) is 11.8. The van der Waals surface area contributed by atoms with E-state index in [1.54, 1.807) is 29.6 Å². The highest BCUT2D eigenvalue weighted by molar-refractivity contribution is 7.17. The second-order valence-electron chi connectivity index (χ2n) is 5.80. The molecule has 2 aromatic heterocycles. The van der Waals surface area contributed by atoms with Gasteiger partial charge in [-0.25, -0.2) is 13.8 Å². The van der Waals surface area contributed by atoms with Crippen LogP contribution in [0.15, 0.2) is 58.7 Å². The van der Waals surface area contributed by atoms with Crippen LogP contribution in [0, 0.1) is 11.6 Å². The minimum Gasteiger partial charge on any atom is -0.305 e. The van der Waals surface area contributed by atoms with Gasteiger partial charge in [-0.05, 0) is 41.5 Å². The fraction of sp³-hybridized carbons (Fsp3) is 0. The van der Waals surface area contributed by atoms with E-state index in [-0.39, 0.29) is 28.1 Å². The Morgan fingerprint density at radius 1 is 1.11 bits per heavy atom. The molecule has 0 aliphatic rings. The number of hydrogen-bond acceptors (Lipinski definition) is 3. The lowest BCUT2D eigenvalue weighted by Gasteiger charge is -2.02. The van der Waals surface area contributed by atoms with Crippen LogP contribution in [-0.4, -0.2) is 9.97 Å². The molecule has 4 aromatic rings. The highest BCUT2D eigenvalue weighted by Gasteiger charge is 2.14. The molecule has 4 rings (SSSR count). The van der Waals surface area contributed by atoms with E-state index in [1.165, 1.54) is 41.7 Å². The number of H-pyrrole nitrogens is 1. The minimum atomic E-state index is -0.382. The van der Waals surface area contributed by atoms with Gasteiger partial charge in [-0.1, -0.05) is 35.9 Å². The second kappa shape index (κ2) is 7.06. The average molecular weight is 401 g/mol. The van der Waals surface area contributed by atoms with Gasteiger partial charge in [0.15, 0.2) is 5.82 Å². The molecule has 0 saturated heterocycles. The number of benzene rings is 2. The fourth-order valence-electron chi connectivity index (χ4n) is 2.72. The van der Waals surface area contributed by atoms with E-state index in [4.69, 9.17) is 11.6 Å². The monoisotopic (exact) mass is 400 g/mol. The molecule has 134 valence electrons. The van der Waals surface area contributed by atoms with E-state index in [1.807, 2.05) is 0 Å². The molecule has 0 spiro atoms. The number of aromatic amines is 1. The lowest BCUT2D eigenvalue weighted by Crippen LogP contribution is -2.10. The van der Waals surface area contributed by atoms with Crippen LogP contribution >= 0.6 is 22.9 Å². The van der Waals surface area contributed by atoms with Crippen molar-refractivity contribution < 1.29 is 8.78 Å². The zero-order valence-corrected chi connectivity index (χ0v) is 15.2. The molecule has 7 heteroatoms. The Balaban J connectivity index is 1.79. The standard InChI is InChI=1S/C20H11ClF2N2OS/c21-16(9-11-2-1-3-14(23)8-11)18-24-19(26)17-15(10-27-20(17)25-18)12-4-6-13(22)7-5-12/h1-10H,(H,24,25,26)/b16-9-. The summed E-state index contributed by atoms with van der Waals surface area (Å²) in [6.45, 7) is 0. The largest absolute Gasteiger partial charge is 0.305 e. The molecule has 0 unspecified atom stereocenters. The lowest BCUT2D eigenvalue weighted by atomic mass is 10.1. The lowest BCUT2D eigenvalue weighted by molar-refractivity contribution is 0.627. The van der Waals surface area contributed by atoms with E-state index in [9.17, 15) is 13.6 Å². The molecule has 3 nitrogen and oxygen atoms in total. The molecule has 27 heavy (non-hydrogen) atoms. The van der Waals surface area contributed by atoms with Crippen molar-refractivity contribution in [3.05, 3.63) is 87.3 Å². The predicted octanol–water partition coefficient (Wildman–Crippen LogP) is 5.67. The molecule has 1 N–H and O–H groups in total. The average Bonchev–Trinajstić information content (AvgIpc) is 3.07. The maximum Gasteiger partial charge on any atom is 0.260 e. The first kappa shape index (κ1) is 17.6. The number of aromatic nitrogens is 2. The summed E-state index contributed by atoms with van der Waals surface area (Å²) in [4.78, 5) is 20.2. The Morgan fingerprint density at radius 2 is 1.89 bits per heavy atom. The second-order valence-corrected chi connectivity index (χ2v) is 7.06. The molecule has 0 saturated carbocycles. The number of rotatable bonds is 3. The van der Waals surface area contributed by atoms with Crippen LogP contribution in [0.3, 0.4) is 0 Å². The molecule has 0 atom stereocenters. The summed E-state index contributed by atoms with van der Waals surface area (Å²) in [5.74, 6) is -0.528. The van der Waals surface area contributed by atoms with Crippen molar-refractivity contribution in [2.24, 2.45) is 0 Å². The number of fused-ring (bicyclic) bond motifs is 1. The maximum atomic E-state index is 13.3. The van der Waals surface area contributed by atoms with Gasteiger partial charge >= 0.3 is 0 Å². The number of nitrogens with zero attached hydrogens (tertiary/aromatic N) is 1. The van der Waals surface area contributed by atoms with Crippen LogP contribution in [0.5, 0.6) is 0 Å². The van der Waals surface area contributed by atoms with Gasteiger partial charge in [-0.2, -0.15) is 0 Å². The first-order chi connectivity index (χ1) is 13.0. The van der Waals surface area contributed by atoms with Crippen LogP contribution in [0.2, 0.25) is 0 Å². The number of nitrogens with one attached hydrogen (secondary N) is 1. The molecule has 0 fully saturated rings. The van der Waals surface area contributed by atoms with Crippen LogP contribution in [0.1, 0.15) is 11.4 Å². The van der Waals surface area contributed by atoms with Crippen molar-refractivity contribution >= 4 is 44.3 Å². The summed E-state index contributed by atoms with van der Waals surface area (Å²) < 4.78 is 26.5. The summed E-state index contributed by atoms with van der Waals surface area (Å²) in [6.07, 6.45) is 1.53. The van der Waals surface area contributed by atoms with E-state index in [0.717, 1.165) is 5.56 Å². The Morgan fingerprint density at radius 3 is 2.63 bits per heavy atom. The zero-order chi connectivity index (χ0) is 19.0. The third kappa shape index (κ3) is 3.54. The number of thiophene rings is 1. The SMILES string of the molecule is O=c1[nH]c(/C(Cl)=C/c2cccc(F)c2)nc2scc(-c3ccc(F)cc3)c12. The van der Waals surface area contributed by atoms with Gasteiger partial charge in [0.05, 0.1) is 10.4 Å². The normalized spacial score (nSPS) is 11.9. The fourth-order valence-corrected chi connectivity index (χ4v) is 3.88. The molecule has 2 aromatic carbocycles. The quantitative estimate of drug-likeness (QED) is 0.481. The Hall–Kier alpha value is -2.83. The van der Waals surface area contributed by atoms with E-state index >= 15 is 0 Å². The van der Waals surface area contributed by atoms with Crippen LogP contribution in [-0.2, 0) is 0 Å². The summed E-state index contributed by atoms with van der Waals surface area (Å²) in [5.41, 5.74) is 1.62. The Kier molecular flexibility index (Phi) is 4.59. The molecule has 2 heterocycles. The Labute approximate surface area is 161 Å². The molecular weight excluding hydrogens is 390 g/mol. The van der Waals surface area contributed by atoms with Crippen LogP contribution in [0.25, 0.3) is 32.5 Å². The van der Waals surface area contributed by atoms with Crippen molar-refractivity contribution in [2.75, 3.05) is 0 Å². The van der Waals surface area contributed by atoms with Gasteiger partial charge in [0.25, 0.3) is 5.56 Å². The van der Waals surface area contributed by atoms with Crippen molar-refractivity contribution in [1.29, 1.82) is 0 Å². The van der Waals surface area contributed by atoms with Gasteiger partial charge in [0.1, 0.15) is 16.5 Å². The summed E-state index contributed by atoms with van der Waals surface area (Å²) in [5, 5.41) is 2.41. The molecule has 0 bridgehead atoms. The predicted molar refractivity (Wildman–Crippen MR) is 106 cm³/mol. The summed E-state index contributed by atoms with van der Waals surface area (Å²) >= 11 is 7.57. The molecule has 0 radical (unpaired) electrons. The van der Waals surface area contributed by atoms with Crippen LogP contribution < -0.4 is 5.56 Å². The molecule has 0 aliphatic carbocycles. The van der Waals surface area contributed by atoms with Crippen molar-refractivity contribution in [2.45, 2.75) is 0 Å². The van der Waals surface area contributed by atoms with Crippen LogP contribution in [0.4, 0.5) is 8.78 Å². The number of halogens is 3. The zero-order valence-electron chi connectivity index (χ0n) is 13.7. The topological polar surface area (TPSA) is 45.8 Å². The highest BCUT2D eigenvalue weighted by atomic mass is 35.5. The molecular formula is C20H11ClF2N2OS. The number of hydrogen-bond donors (Lipinski definition) is 1. The van der Waals surface area contributed by atoms with E-state index < -0.39 is 0 Å². The third-order valence-corrected chi connectivity index (χ3v) is 5.13. The first-order valence-corrected chi connectivity index (χ1v) is 9.17. The van der Waals surface area contributed by atoms with Gasteiger partial charge in [0, 0.05) is 10.9 Å². The van der Waals surface area contributed by atoms with E-state index in [2.05, 4.69) is 9.97 Å². The van der Waals surface area contributed by atoms with Gasteiger partial charge < -0.3 is 4.98 Å². The van der Waals surface area contributed by atoms with Crippen molar-refractivity contribution in [3.63, 3.8) is 0 Å². The van der Waals surface area contributed by atoms with Gasteiger partial charge in [-0.3, -0.25) is 4.79 Å². The first-order valence-electron chi connectivity index (χ1n) is 7.92. The third-order valence-electron chi connectivity index (χ3n) is 3.97. The maximum absolute atomic E-state index is 13.3. The van der Waals surface area contributed by atoms with Crippen molar-refractivity contribution in [1.82, 2.24) is 9.97 Å². The van der Waals surface area contributed by atoms with Crippen molar-refractivity contribution in [3.8, 4) is 11.1 Å². The van der Waals surface area contributed by atoms with Gasteiger partial charge in [-0.15, -0.1) is 11.3 Å². The smallest absolute Gasteiger partial charge is 0.260 e. The van der Waals surface area contributed by atoms with E-state index in [0.29, 0.717) is 21.3 Å². The van der Waals surface area contributed by atoms with Gasteiger partial charge in [0.2, 0.25) is 0 Å². The minimum absolute atomic E-state index is 0.191. The molecule has 0 amide bonds. The Bertz CT molecular complexity index is 1230. The summed E-state index contributed by atoms with van der Waals surface area (Å²) in [7, 11) is 0. The molecule has 0 aliphatic heterocycles. The highest BCUT2D eigenvalue weighted by Crippen LogP contribution is 2.31.